The highest BCUT2D eigenvalue weighted by molar-refractivity contribution is 6.06. The molecule has 1 heterocycles. The van der Waals surface area contributed by atoms with Crippen LogP contribution in [-0.4, -0.2) is 48.9 Å². The van der Waals surface area contributed by atoms with Crippen molar-refractivity contribution in [2.45, 2.75) is 38.0 Å². The zero-order valence-corrected chi connectivity index (χ0v) is 18.2. The summed E-state index contributed by atoms with van der Waals surface area (Å²) < 4.78 is 0. The quantitative estimate of drug-likeness (QED) is 0.308. The molecule has 6 nitrogen and oxygen atoms in total. The predicted molar refractivity (Wildman–Crippen MR) is 120 cm³/mol. The molecule has 4 atom stereocenters. The highest BCUT2D eigenvalue weighted by Crippen LogP contribution is 2.52. The van der Waals surface area contributed by atoms with Gasteiger partial charge in [0.1, 0.15) is 0 Å². The van der Waals surface area contributed by atoms with Gasteiger partial charge in [0.2, 0.25) is 11.8 Å². The van der Waals surface area contributed by atoms with Crippen molar-refractivity contribution >= 4 is 17.8 Å². The molecule has 4 unspecified atom stereocenters. The van der Waals surface area contributed by atoms with Gasteiger partial charge in [-0.2, -0.15) is 0 Å². The molecule has 1 aliphatic heterocycles. The normalized spacial score (nSPS) is 30.5. The van der Waals surface area contributed by atoms with E-state index in [1.165, 1.54) is 16.9 Å². The third-order valence-electron chi connectivity index (χ3n) is 7.77. The maximum atomic E-state index is 12.8. The smallest absolute Gasteiger partial charge is 0.233 e. The van der Waals surface area contributed by atoms with Gasteiger partial charge in [0.05, 0.1) is 18.4 Å². The Balaban J connectivity index is 1.20. The average Bonchev–Trinajstić information content (AvgIpc) is 3.43. The summed E-state index contributed by atoms with van der Waals surface area (Å²) in [7, 11) is 0. The van der Waals surface area contributed by atoms with E-state index < -0.39 is 0 Å². The van der Waals surface area contributed by atoms with Crippen LogP contribution in [0.25, 0.3) is 0 Å². The van der Waals surface area contributed by atoms with E-state index >= 15 is 0 Å². The SMILES string of the molecule is CCNC(=NCC1(c2ccccc2)CCC1)NCCN1C(=O)C2C3C=CC(C3)C2C1=O. The number of aliphatic imine (C=N–C) groups is 1. The van der Waals surface area contributed by atoms with Gasteiger partial charge in [0.15, 0.2) is 5.96 Å². The first-order valence-electron chi connectivity index (χ1n) is 11.7. The topological polar surface area (TPSA) is 73.8 Å². The van der Waals surface area contributed by atoms with Gasteiger partial charge >= 0.3 is 0 Å². The maximum absolute atomic E-state index is 12.8. The van der Waals surface area contributed by atoms with Crippen LogP contribution < -0.4 is 10.6 Å². The molecule has 0 spiro atoms. The van der Waals surface area contributed by atoms with Gasteiger partial charge in [-0.15, -0.1) is 0 Å². The molecule has 6 heteroatoms. The molecule has 0 radical (unpaired) electrons. The van der Waals surface area contributed by atoms with Crippen molar-refractivity contribution in [1.82, 2.24) is 15.5 Å². The number of likely N-dealkylation sites (tertiary alicyclic amines) is 1. The summed E-state index contributed by atoms with van der Waals surface area (Å²) in [5.41, 5.74) is 1.50. The van der Waals surface area contributed by atoms with Crippen molar-refractivity contribution in [2.75, 3.05) is 26.2 Å². The van der Waals surface area contributed by atoms with Crippen LogP contribution in [0.2, 0.25) is 0 Å². The molecular weight excluding hydrogens is 388 g/mol. The molecule has 3 aliphatic carbocycles. The van der Waals surface area contributed by atoms with Gasteiger partial charge in [0, 0.05) is 25.0 Å². The Morgan fingerprint density at radius 2 is 1.74 bits per heavy atom. The minimum absolute atomic E-state index is 0.0214. The average molecular weight is 421 g/mol. The maximum Gasteiger partial charge on any atom is 0.233 e. The molecular formula is C25H32N4O2. The highest BCUT2D eigenvalue weighted by Gasteiger charge is 2.58. The predicted octanol–water partition coefficient (Wildman–Crippen LogP) is 2.47. The summed E-state index contributed by atoms with van der Waals surface area (Å²) in [6.45, 7) is 4.48. The number of rotatable bonds is 7. The number of guanidine groups is 1. The second-order valence-electron chi connectivity index (χ2n) is 9.45. The Morgan fingerprint density at radius 1 is 1.06 bits per heavy atom. The van der Waals surface area contributed by atoms with E-state index in [2.05, 4.69) is 53.1 Å². The molecule has 3 fully saturated rings. The molecule has 1 aromatic carbocycles. The van der Waals surface area contributed by atoms with E-state index in [1.807, 2.05) is 6.92 Å². The molecule has 2 amide bonds. The molecule has 31 heavy (non-hydrogen) atoms. The molecule has 0 aromatic heterocycles. The molecule has 4 aliphatic rings. The van der Waals surface area contributed by atoms with Crippen LogP contribution in [0.1, 0.15) is 38.2 Å². The summed E-state index contributed by atoms with van der Waals surface area (Å²) in [5, 5.41) is 6.65. The van der Waals surface area contributed by atoms with Crippen LogP contribution in [0, 0.1) is 23.7 Å². The summed E-state index contributed by atoms with van der Waals surface area (Å²) >= 11 is 0. The fourth-order valence-electron chi connectivity index (χ4n) is 5.98. The summed E-state index contributed by atoms with van der Waals surface area (Å²) in [5.74, 6) is 1.09. The largest absolute Gasteiger partial charge is 0.357 e. The van der Waals surface area contributed by atoms with Gasteiger partial charge in [-0.25, -0.2) is 0 Å². The van der Waals surface area contributed by atoms with E-state index in [-0.39, 0.29) is 40.9 Å². The number of hydrogen-bond acceptors (Lipinski definition) is 3. The Bertz CT molecular complexity index is 875. The van der Waals surface area contributed by atoms with Gasteiger partial charge < -0.3 is 10.6 Å². The Kier molecular flexibility index (Phi) is 5.32. The lowest BCUT2D eigenvalue weighted by atomic mass is 9.64. The number of imide groups is 1. The first kappa shape index (κ1) is 20.3. The zero-order chi connectivity index (χ0) is 21.4. The lowest BCUT2D eigenvalue weighted by molar-refractivity contribution is -0.140. The zero-order valence-electron chi connectivity index (χ0n) is 18.2. The number of nitrogens with zero attached hydrogens (tertiary/aromatic N) is 2. The van der Waals surface area contributed by atoms with Crippen molar-refractivity contribution in [3.8, 4) is 0 Å². The van der Waals surface area contributed by atoms with E-state index in [0.717, 1.165) is 38.3 Å². The molecule has 2 bridgehead atoms. The van der Waals surface area contributed by atoms with E-state index in [0.29, 0.717) is 13.1 Å². The molecule has 1 aromatic rings. The number of amides is 2. The molecule has 2 saturated carbocycles. The number of benzene rings is 1. The van der Waals surface area contributed by atoms with Gasteiger partial charge in [-0.3, -0.25) is 19.5 Å². The molecule has 2 N–H and O–H groups in total. The number of carbonyl (C=O) groups is 2. The van der Waals surface area contributed by atoms with Crippen molar-refractivity contribution in [1.29, 1.82) is 0 Å². The summed E-state index contributed by atoms with van der Waals surface area (Å²) in [6, 6.07) is 10.7. The Hall–Kier alpha value is -2.63. The van der Waals surface area contributed by atoms with Crippen molar-refractivity contribution in [2.24, 2.45) is 28.7 Å². The van der Waals surface area contributed by atoms with Crippen LogP contribution >= 0.6 is 0 Å². The lowest BCUT2D eigenvalue weighted by Crippen LogP contribution is -2.45. The number of carbonyl (C=O) groups excluding carboxylic acids is 2. The molecule has 1 saturated heterocycles. The third-order valence-corrected chi connectivity index (χ3v) is 7.77. The second-order valence-corrected chi connectivity index (χ2v) is 9.45. The molecule has 164 valence electrons. The number of nitrogens with one attached hydrogen (secondary N) is 2. The van der Waals surface area contributed by atoms with Crippen molar-refractivity contribution in [3.05, 3.63) is 48.0 Å². The van der Waals surface area contributed by atoms with Crippen LogP contribution in [0.5, 0.6) is 0 Å². The van der Waals surface area contributed by atoms with E-state index in [1.54, 1.807) is 0 Å². The van der Waals surface area contributed by atoms with Gasteiger partial charge in [-0.1, -0.05) is 48.9 Å². The first-order valence-corrected chi connectivity index (χ1v) is 11.7. The van der Waals surface area contributed by atoms with Crippen LogP contribution in [0.3, 0.4) is 0 Å². The highest BCUT2D eigenvalue weighted by atomic mass is 16.2. The minimum Gasteiger partial charge on any atom is -0.357 e. The number of hydrogen-bond donors (Lipinski definition) is 2. The van der Waals surface area contributed by atoms with Crippen LogP contribution in [0.4, 0.5) is 0 Å². The van der Waals surface area contributed by atoms with Gasteiger partial charge in [-0.05, 0) is 43.6 Å². The number of fused-ring (bicyclic) bond motifs is 5. The third kappa shape index (κ3) is 3.46. The Morgan fingerprint density at radius 3 is 2.32 bits per heavy atom. The van der Waals surface area contributed by atoms with Crippen LogP contribution in [-0.2, 0) is 15.0 Å². The van der Waals surface area contributed by atoms with Crippen molar-refractivity contribution in [3.63, 3.8) is 0 Å². The van der Waals surface area contributed by atoms with Gasteiger partial charge in [0.25, 0.3) is 0 Å². The van der Waals surface area contributed by atoms with E-state index in [4.69, 9.17) is 4.99 Å². The van der Waals surface area contributed by atoms with E-state index in [9.17, 15) is 9.59 Å². The number of allylic oxidation sites excluding steroid dienone is 2. The minimum atomic E-state index is -0.117. The molecule has 5 rings (SSSR count). The Labute approximate surface area is 184 Å². The second kappa shape index (κ2) is 8.13. The van der Waals surface area contributed by atoms with Crippen LogP contribution in [0.15, 0.2) is 47.5 Å². The fraction of sp³-hybridized carbons (Fsp3) is 0.560. The lowest BCUT2D eigenvalue weighted by Gasteiger charge is -2.41. The summed E-state index contributed by atoms with van der Waals surface area (Å²) in [4.78, 5) is 32.0. The monoisotopic (exact) mass is 420 g/mol. The fourth-order valence-corrected chi connectivity index (χ4v) is 5.98. The van der Waals surface area contributed by atoms with Crippen molar-refractivity contribution < 1.29 is 9.59 Å². The first-order chi connectivity index (χ1) is 15.1. The summed E-state index contributed by atoms with van der Waals surface area (Å²) in [6.07, 6.45) is 8.81. The standard InChI is InChI=1S/C25H32N4O2/c1-2-26-24(28-16-25(11-6-12-25)19-7-4-3-5-8-19)27-13-14-29-22(30)20-17-9-10-18(15-17)21(20)23(29)31/h3-5,7-10,17-18,20-21H,2,6,11-16H2,1H3,(H2,26,27,28).